The molecule has 2 aliphatic rings. The molecule has 1 heterocycles. The molecule has 0 aromatic rings. The van der Waals surface area contributed by atoms with Crippen molar-refractivity contribution in [2.45, 2.75) is 19.3 Å². The first-order chi connectivity index (χ1) is 6.78. The lowest BCUT2D eigenvalue weighted by molar-refractivity contribution is -0.123. The maximum absolute atomic E-state index is 11.7. The third-order valence-corrected chi connectivity index (χ3v) is 3.53. The molecule has 0 aromatic heterocycles. The second kappa shape index (κ2) is 3.73. The van der Waals surface area contributed by atoms with Gasteiger partial charge in [-0.15, -0.1) is 6.58 Å². The first-order valence-corrected chi connectivity index (χ1v) is 5.38. The summed E-state index contributed by atoms with van der Waals surface area (Å²) >= 11 is 0. The molecule has 0 aromatic carbocycles. The predicted octanol–water partition coefficient (Wildman–Crippen LogP) is 0.678. The Morgan fingerprint density at radius 1 is 1.57 bits per heavy atom. The lowest BCUT2D eigenvalue weighted by atomic mass is 9.92. The van der Waals surface area contributed by atoms with Crippen LogP contribution >= 0.6 is 0 Å². The minimum absolute atomic E-state index is 0.229. The summed E-state index contributed by atoms with van der Waals surface area (Å²) in [4.78, 5) is 11.7. The van der Waals surface area contributed by atoms with Crippen molar-refractivity contribution in [1.29, 1.82) is 0 Å². The van der Waals surface area contributed by atoms with Crippen LogP contribution in [0, 0.1) is 11.3 Å². The molecule has 3 heteroatoms. The van der Waals surface area contributed by atoms with Crippen LogP contribution in [-0.2, 0) is 4.79 Å². The minimum atomic E-state index is 0.229. The Kier molecular flexibility index (Phi) is 2.59. The van der Waals surface area contributed by atoms with Crippen molar-refractivity contribution in [3.63, 3.8) is 0 Å². The summed E-state index contributed by atoms with van der Waals surface area (Å²) < 4.78 is 0. The standard InChI is InChI=1S/C11H18N2O/c1-2-5-13-10(14)9-8-11(9)3-6-12-7-4-11/h2,9,12H,1,3-8H2,(H,13,14)/t9-/m1/s1. The molecule has 0 bridgehead atoms. The average Bonchev–Trinajstić information content (AvgIpc) is 2.90. The Hall–Kier alpha value is -0.830. The lowest BCUT2D eigenvalue weighted by Crippen LogP contribution is -2.33. The summed E-state index contributed by atoms with van der Waals surface area (Å²) in [5, 5.41) is 6.22. The topological polar surface area (TPSA) is 41.1 Å². The van der Waals surface area contributed by atoms with Crippen molar-refractivity contribution < 1.29 is 4.79 Å². The highest BCUT2D eigenvalue weighted by Crippen LogP contribution is 2.58. The monoisotopic (exact) mass is 194 g/mol. The molecule has 78 valence electrons. The van der Waals surface area contributed by atoms with Gasteiger partial charge in [0.2, 0.25) is 5.91 Å². The average molecular weight is 194 g/mol. The zero-order chi connectivity index (χ0) is 10.0. The fourth-order valence-electron chi connectivity index (χ4n) is 2.49. The maximum atomic E-state index is 11.7. The number of hydrogen-bond donors (Lipinski definition) is 2. The molecule has 1 saturated heterocycles. The number of nitrogens with one attached hydrogen (secondary N) is 2. The Labute approximate surface area is 84.9 Å². The first-order valence-electron chi connectivity index (χ1n) is 5.38. The number of piperidine rings is 1. The SMILES string of the molecule is C=CCNC(=O)[C@H]1CC12CCNCC2. The Morgan fingerprint density at radius 2 is 2.29 bits per heavy atom. The van der Waals surface area contributed by atoms with E-state index in [9.17, 15) is 4.79 Å². The van der Waals surface area contributed by atoms with E-state index in [0.29, 0.717) is 12.0 Å². The van der Waals surface area contributed by atoms with Crippen LogP contribution in [0.5, 0.6) is 0 Å². The number of hydrogen-bond acceptors (Lipinski definition) is 2. The molecule has 1 spiro atoms. The highest BCUT2D eigenvalue weighted by Gasteiger charge is 2.57. The molecule has 1 saturated carbocycles. The lowest BCUT2D eigenvalue weighted by Gasteiger charge is -2.23. The van der Waals surface area contributed by atoms with E-state index in [1.54, 1.807) is 6.08 Å². The van der Waals surface area contributed by atoms with E-state index in [1.807, 2.05) is 0 Å². The van der Waals surface area contributed by atoms with Crippen LogP contribution in [0.15, 0.2) is 12.7 Å². The molecule has 1 atom stereocenters. The van der Waals surface area contributed by atoms with Crippen molar-refractivity contribution >= 4 is 5.91 Å². The maximum Gasteiger partial charge on any atom is 0.223 e. The van der Waals surface area contributed by atoms with Gasteiger partial charge < -0.3 is 10.6 Å². The van der Waals surface area contributed by atoms with Crippen molar-refractivity contribution in [1.82, 2.24) is 10.6 Å². The first kappa shape index (κ1) is 9.71. The fraction of sp³-hybridized carbons (Fsp3) is 0.727. The van der Waals surface area contributed by atoms with E-state index in [2.05, 4.69) is 17.2 Å². The van der Waals surface area contributed by atoms with Crippen molar-refractivity contribution in [3.05, 3.63) is 12.7 Å². The van der Waals surface area contributed by atoms with Gasteiger partial charge in [0.05, 0.1) is 0 Å². The molecule has 3 nitrogen and oxygen atoms in total. The van der Waals surface area contributed by atoms with Crippen molar-refractivity contribution in [2.75, 3.05) is 19.6 Å². The summed E-state index contributed by atoms with van der Waals surface area (Å²) in [7, 11) is 0. The Balaban J connectivity index is 1.84. The van der Waals surface area contributed by atoms with Gasteiger partial charge in [0, 0.05) is 12.5 Å². The van der Waals surface area contributed by atoms with Gasteiger partial charge in [-0.2, -0.15) is 0 Å². The quantitative estimate of drug-likeness (QED) is 0.649. The van der Waals surface area contributed by atoms with Gasteiger partial charge in [0.25, 0.3) is 0 Å². The van der Waals surface area contributed by atoms with E-state index in [1.165, 1.54) is 12.8 Å². The zero-order valence-corrected chi connectivity index (χ0v) is 8.51. The Bertz CT molecular complexity index is 244. The molecular formula is C11H18N2O. The summed E-state index contributed by atoms with van der Waals surface area (Å²) in [5.41, 5.74) is 0.358. The van der Waals surface area contributed by atoms with Gasteiger partial charge in [-0.3, -0.25) is 4.79 Å². The summed E-state index contributed by atoms with van der Waals surface area (Å²) in [6.45, 7) is 6.34. The van der Waals surface area contributed by atoms with Crippen LogP contribution in [0.1, 0.15) is 19.3 Å². The smallest absolute Gasteiger partial charge is 0.223 e. The van der Waals surface area contributed by atoms with Crippen LogP contribution in [0.2, 0.25) is 0 Å². The molecule has 1 amide bonds. The van der Waals surface area contributed by atoms with Gasteiger partial charge in [0.1, 0.15) is 0 Å². The molecule has 0 unspecified atom stereocenters. The van der Waals surface area contributed by atoms with Crippen LogP contribution in [-0.4, -0.2) is 25.5 Å². The van der Waals surface area contributed by atoms with Crippen LogP contribution in [0.25, 0.3) is 0 Å². The third kappa shape index (κ3) is 1.69. The molecule has 2 fully saturated rings. The number of rotatable bonds is 3. The Morgan fingerprint density at radius 3 is 2.93 bits per heavy atom. The zero-order valence-electron chi connectivity index (χ0n) is 8.51. The normalized spacial score (nSPS) is 28.4. The minimum Gasteiger partial charge on any atom is -0.352 e. The summed E-state index contributed by atoms with van der Waals surface area (Å²) in [5.74, 6) is 0.511. The molecule has 2 N–H and O–H groups in total. The fourth-order valence-corrected chi connectivity index (χ4v) is 2.49. The summed E-state index contributed by atoms with van der Waals surface area (Å²) in [6, 6.07) is 0. The van der Waals surface area contributed by atoms with E-state index in [0.717, 1.165) is 19.5 Å². The van der Waals surface area contributed by atoms with Gasteiger partial charge in [-0.1, -0.05) is 6.08 Å². The molecule has 1 aliphatic carbocycles. The largest absolute Gasteiger partial charge is 0.352 e. The molecule has 2 rings (SSSR count). The van der Waals surface area contributed by atoms with E-state index in [-0.39, 0.29) is 11.8 Å². The second-order valence-corrected chi connectivity index (χ2v) is 4.40. The predicted molar refractivity (Wildman–Crippen MR) is 55.9 cm³/mol. The van der Waals surface area contributed by atoms with E-state index < -0.39 is 0 Å². The van der Waals surface area contributed by atoms with E-state index in [4.69, 9.17) is 0 Å². The summed E-state index contributed by atoms with van der Waals surface area (Å²) in [6.07, 6.45) is 5.16. The molecule has 14 heavy (non-hydrogen) atoms. The van der Waals surface area contributed by atoms with E-state index >= 15 is 0 Å². The van der Waals surface area contributed by atoms with Crippen molar-refractivity contribution in [3.8, 4) is 0 Å². The third-order valence-electron chi connectivity index (χ3n) is 3.53. The molecule has 1 aliphatic heterocycles. The van der Waals surface area contributed by atoms with Gasteiger partial charge >= 0.3 is 0 Å². The van der Waals surface area contributed by atoms with Crippen molar-refractivity contribution in [2.24, 2.45) is 11.3 Å². The molecular weight excluding hydrogens is 176 g/mol. The highest BCUT2D eigenvalue weighted by molar-refractivity contribution is 5.82. The van der Waals surface area contributed by atoms with Crippen LogP contribution in [0.4, 0.5) is 0 Å². The van der Waals surface area contributed by atoms with Gasteiger partial charge in [-0.05, 0) is 37.8 Å². The van der Waals surface area contributed by atoms with Gasteiger partial charge in [0.15, 0.2) is 0 Å². The highest BCUT2D eigenvalue weighted by atomic mass is 16.2. The second-order valence-electron chi connectivity index (χ2n) is 4.40. The number of carbonyl (C=O) groups is 1. The van der Waals surface area contributed by atoms with Crippen LogP contribution in [0.3, 0.4) is 0 Å². The molecule has 0 radical (unpaired) electrons. The number of carbonyl (C=O) groups excluding carboxylic acids is 1. The van der Waals surface area contributed by atoms with Crippen LogP contribution < -0.4 is 10.6 Å². The van der Waals surface area contributed by atoms with Gasteiger partial charge in [-0.25, -0.2) is 0 Å². The number of amides is 1.